The largest absolute Gasteiger partial charge is 0.383 e. The van der Waals surface area contributed by atoms with Crippen LogP contribution in [0.15, 0.2) is 6.07 Å². The lowest BCUT2D eigenvalue weighted by Gasteiger charge is -2.24. The first-order chi connectivity index (χ1) is 9.13. The lowest BCUT2D eigenvalue weighted by atomic mass is 10.3. The quantitative estimate of drug-likeness (QED) is 0.779. The summed E-state index contributed by atoms with van der Waals surface area (Å²) < 4.78 is 37.1. The molecular weight excluding hydrogens is 256 g/mol. The molecule has 0 aromatic carbocycles. The molecule has 108 valence electrons. The van der Waals surface area contributed by atoms with Crippen molar-refractivity contribution in [3.8, 4) is 0 Å². The van der Waals surface area contributed by atoms with Crippen LogP contribution in [-0.2, 0) is 9.47 Å². The molecule has 1 heterocycles. The smallest absolute Gasteiger partial charge is 0.168 e. The predicted molar refractivity (Wildman–Crippen MR) is 69.7 cm³/mol. The maximum atomic E-state index is 13.8. The monoisotopic (exact) mass is 275 g/mol. The maximum absolute atomic E-state index is 13.8. The van der Waals surface area contributed by atoms with Crippen LogP contribution in [0.5, 0.6) is 0 Å². The van der Waals surface area contributed by atoms with E-state index in [9.17, 15) is 8.78 Å². The van der Waals surface area contributed by atoms with Gasteiger partial charge in [-0.15, -0.1) is 0 Å². The molecule has 0 amide bonds. The third-order valence-electron chi connectivity index (χ3n) is 2.58. The third kappa shape index (κ3) is 4.29. The summed E-state index contributed by atoms with van der Waals surface area (Å²) in [5.41, 5.74) is 0. The van der Waals surface area contributed by atoms with Crippen molar-refractivity contribution >= 4 is 11.6 Å². The Kier molecular flexibility index (Phi) is 6.44. The summed E-state index contributed by atoms with van der Waals surface area (Å²) in [6, 6.07) is 0.820. The normalized spacial score (nSPS) is 10.6. The summed E-state index contributed by atoms with van der Waals surface area (Å²) >= 11 is 0. The first kappa shape index (κ1) is 15.6. The number of ether oxygens (including phenoxy) is 2. The van der Waals surface area contributed by atoms with Crippen molar-refractivity contribution in [3.05, 3.63) is 17.7 Å². The number of nitrogens with zero attached hydrogens (tertiary/aromatic N) is 2. The van der Waals surface area contributed by atoms with Gasteiger partial charge in [-0.25, -0.2) is 13.8 Å². The van der Waals surface area contributed by atoms with Crippen LogP contribution < -0.4 is 10.2 Å². The molecule has 0 saturated heterocycles. The minimum Gasteiger partial charge on any atom is -0.383 e. The van der Waals surface area contributed by atoms with E-state index < -0.39 is 11.6 Å². The summed E-state index contributed by atoms with van der Waals surface area (Å²) in [4.78, 5) is 5.61. The van der Waals surface area contributed by atoms with Gasteiger partial charge in [-0.05, 0) is 0 Å². The molecule has 0 saturated carbocycles. The molecule has 1 rings (SSSR count). The van der Waals surface area contributed by atoms with Gasteiger partial charge in [-0.2, -0.15) is 0 Å². The van der Waals surface area contributed by atoms with Gasteiger partial charge in [0.05, 0.1) is 13.2 Å². The average Bonchev–Trinajstić information content (AvgIpc) is 2.40. The summed E-state index contributed by atoms with van der Waals surface area (Å²) in [6.45, 7) is 1.71. The van der Waals surface area contributed by atoms with E-state index in [2.05, 4.69) is 10.3 Å². The Bertz CT molecular complexity index is 397. The van der Waals surface area contributed by atoms with Gasteiger partial charge >= 0.3 is 0 Å². The molecule has 0 unspecified atom stereocenters. The van der Waals surface area contributed by atoms with E-state index in [0.717, 1.165) is 6.07 Å². The van der Waals surface area contributed by atoms with Gasteiger partial charge in [0, 0.05) is 40.4 Å². The summed E-state index contributed by atoms with van der Waals surface area (Å²) in [5, 5.41) is 2.59. The average molecular weight is 275 g/mol. The van der Waals surface area contributed by atoms with Crippen LogP contribution >= 0.6 is 0 Å². The van der Waals surface area contributed by atoms with Crippen LogP contribution in [-0.4, -0.2) is 52.6 Å². The fourth-order valence-electron chi connectivity index (χ4n) is 1.58. The number of nitrogens with one attached hydrogen (secondary N) is 1. The maximum Gasteiger partial charge on any atom is 0.168 e. The van der Waals surface area contributed by atoms with E-state index >= 15 is 0 Å². The van der Waals surface area contributed by atoms with Crippen LogP contribution in [0.2, 0.25) is 0 Å². The summed E-state index contributed by atoms with van der Waals surface area (Å²) in [6.07, 6.45) is 0. The molecule has 0 spiro atoms. The lowest BCUT2D eigenvalue weighted by molar-refractivity contribution is 0.189. The highest BCUT2D eigenvalue weighted by molar-refractivity contribution is 5.49. The van der Waals surface area contributed by atoms with Crippen molar-refractivity contribution in [2.24, 2.45) is 0 Å². The molecule has 0 aliphatic rings. The number of hydrogen-bond acceptors (Lipinski definition) is 5. The molecule has 1 aromatic rings. The second-order valence-corrected chi connectivity index (χ2v) is 3.85. The molecule has 0 bridgehead atoms. The fourth-order valence-corrected chi connectivity index (χ4v) is 1.58. The Hall–Kier alpha value is -1.47. The number of halogens is 2. The predicted octanol–water partition coefficient (Wildman–Crippen LogP) is 1.50. The lowest BCUT2D eigenvalue weighted by Crippen LogP contribution is -2.32. The van der Waals surface area contributed by atoms with Crippen molar-refractivity contribution in [1.82, 2.24) is 4.98 Å². The minimum absolute atomic E-state index is 0.0104. The van der Waals surface area contributed by atoms with Crippen molar-refractivity contribution in [2.45, 2.75) is 0 Å². The zero-order chi connectivity index (χ0) is 14.3. The van der Waals surface area contributed by atoms with Gasteiger partial charge in [0.15, 0.2) is 23.3 Å². The number of anilines is 2. The van der Waals surface area contributed by atoms with Gasteiger partial charge in [-0.1, -0.05) is 0 Å². The fraction of sp³-hybridized carbons (Fsp3) is 0.583. The second kappa shape index (κ2) is 7.85. The van der Waals surface area contributed by atoms with Gasteiger partial charge in [0.2, 0.25) is 0 Å². The van der Waals surface area contributed by atoms with E-state index in [0.29, 0.717) is 26.3 Å². The number of pyridine rings is 1. The van der Waals surface area contributed by atoms with Crippen LogP contribution in [0.4, 0.5) is 20.4 Å². The molecule has 0 fully saturated rings. The van der Waals surface area contributed by atoms with E-state index in [1.807, 2.05) is 0 Å². The van der Waals surface area contributed by atoms with Crippen molar-refractivity contribution in [3.63, 3.8) is 0 Å². The third-order valence-corrected chi connectivity index (χ3v) is 2.58. The van der Waals surface area contributed by atoms with Gasteiger partial charge < -0.3 is 19.7 Å². The van der Waals surface area contributed by atoms with E-state index in [1.54, 1.807) is 19.1 Å². The second-order valence-electron chi connectivity index (χ2n) is 3.85. The molecular formula is C12H19F2N3O2. The minimum atomic E-state index is -0.720. The topological polar surface area (TPSA) is 46.6 Å². The molecule has 7 heteroatoms. The standard InChI is InChI=1S/C12H19F2N3O2/c1-15-11-9(13)8-10(14)12(16-11)17(4-6-18-2)5-7-19-3/h8H,4-7H2,1-3H3,(H,15,16). The SMILES string of the molecule is CNc1nc(N(CCOC)CCOC)c(F)cc1F. The van der Waals surface area contributed by atoms with Gasteiger partial charge in [0.25, 0.3) is 0 Å². The van der Waals surface area contributed by atoms with Crippen LogP contribution in [0.3, 0.4) is 0 Å². The van der Waals surface area contributed by atoms with Crippen molar-refractivity contribution in [1.29, 1.82) is 0 Å². The Balaban J connectivity index is 2.98. The summed E-state index contributed by atoms with van der Waals surface area (Å²) in [5.74, 6) is -1.33. The number of methoxy groups -OCH3 is 2. The number of aromatic nitrogens is 1. The molecule has 1 N–H and O–H groups in total. The first-order valence-corrected chi connectivity index (χ1v) is 5.90. The Morgan fingerprint density at radius 2 is 1.74 bits per heavy atom. The molecule has 0 atom stereocenters. The molecule has 0 aliphatic carbocycles. The van der Waals surface area contributed by atoms with E-state index in [4.69, 9.17) is 9.47 Å². The highest BCUT2D eigenvalue weighted by Crippen LogP contribution is 2.21. The molecule has 0 aliphatic heterocycles. The van der Waals surface area contributed by atoms with Crippen molar-refractivity contribution < 1.29 is 18.3 Å². The van der Waals surface area contributed by atoms with Crippen LogP contribution in [0, 0.1) is 11.6 Å². The van der Waals surface area contributed by atoms with Gasteiger partial charge in [0.1, 0.15) is 0 Å². The molecule has 0 radical (unpaired) electrons. The zero-order valence-corrected chi connectivity index (χ0v) is 11.4. The highest BCUT2D eigenvalue weighted by Gasteiger charge is 2.17. The van der Waals surface area contributed by atoms with Crippen LogP contribution in [0.1, 0.15) is 0 Å². The zero-order valence-electron chi connectivity index (χ0n) is 11.4. The highest BCUT2D eigenvalue weighted by atomic mass is 19.1. The molecule has 5 nitrogen and oxygen atoms in total. The number of hydrogen-bond donors (Lipinski definition) is 1. The Morgan fingerprint density at radius 3 is 2.21 bits per heavy atom. The van der Waals surface area contributed by atoms with Crippen LogP contribution in [0.25, 0.3) is 0 Å². The van der Waals surface area contributed by atoms with Crippen molar-refractivity contribution in [2.75, 3.05) is 57.8 Å². The molecule has 19 heavy (non-hydrogen) atoms. The molecule has 1 aromatic heterocycles. The summed E-state index contributed by atoms with van der Waals surface area (Å²) in [7, 11) is 4.64. The number of rotatable bonds is 8. The van der Waals surface area contributed by atoms with Gasteiger partial charge in [-0.3, -0.25) is 0 Å². The van der Waals surface area contributed by atoms with E-state index in [1.165, 1.54) is 7.05 Å². The van der Waals surface area contributed by atoms with E-state index in [-0.39, 0.29) is 11.6 Å². The Labute approximate surface area is 111 Å². The Morgan fingerprint density at radius 1 is 1.16 bits per heavy atom. The first-order valence-electron chi connectivity index (χ1n) is 5.90.